The van der Waals surface area contributed by atoms with Crippen molar-refractivity contribution < 1.29 is 9.53 Å². The van der Waals surface area contributed by atoms with E-state index in [2.05, 4.69) is 5.32 Å². The molecule has 1 amide bonds. The summed E-state index contributed by atoms with van der Waals surface area (Å²) in [7, 11) is 3.49. The normalized spacial score (nSPS) is 20.7. The summed E-state index contributed by atoms with van der Waals surface area (Å²) >= 11 is 0. The molecule has 1 aliphatic rings. The molecule has 1 fully saturated rings. The third-order valence-corrected chi connectivity index (χ3v) is 3.34. The van der Waals surface area contributed by atoms with Gasteiger partial charge in [0.25, 0.3) is 0 Å². The Hall–Kier alpha value is -1.55. The molecular formula is C14H20N2O2. The van der Waals surface area contributed by atoms with E-state index in [1.165, 1.54) is 0 Å². The molecular weight excluding hydrogens is 228 g/mol. The monoisotopic (exact) mass is 248 g/mol. The zero-order valence-electron chi connectivity index (χ0n) is 11.2. The summed E-state index contributed by atoms with van der Waals surface area (Å²) in [6, 6.07) is 5.64. The van der Waals surface area contributed by atoms with Crippen LogP contribution in [-0.2, 0) is 4.79 Å². The van der Waals surface area contributed by atoms with E-state index in [1.54, 1.807) is 12.0 Å². The van der Waals surface area contributed by atoms with Gasteiger partial charge in [-0.25, -0.2) is 0 Å². The summed E-state index contributed by atoms with van der Waals surface area (Å²) in [5, 5.41) is 3.31. The zero-order chi connectivity index (χ0) is 13.1. The zero-order valence-corrected chi connectivity index (χ0v) is 11.2. The quantitative estimate of drug-likeness (QED) is 0.862. The number of aryl methyl sites for hydroxylation is 1. The Labute approximate surface area is 108 Å². The van der Waals surface area contributed by atoms with Gasteiger partial charge in [-0.2, -0.15) is 0 Å². The van der Waals surface area contributed by atoms with Gasteiger partial charge in [-0.15, -0.1) is 0 Å². The predicted molar refractivity (Wildman–Crippen MR) is 70.7 cm³/mol. The third-order valence-electron chi connectivity index (χ3n) is 3.34. The van der Waals surface area contributed by atoms with Crippen LogP contribution in [0.4, 0.5) is 0 Å². The van der Waals surface area contributed by atoms with E-state index in [0.29, 0.717) is 0 Å². The lowest BCUT2D eigenvalue weighted by atomic mass is 10.0. The van der Waals surface area contributed by atoms with Gasteiger partial charge in [0.1, 0.15) is 11.8 Å². The van der Waals surface area contributed by atoms with E-state index in [4.69, 9.17) is 4.74 Å². The standard InChI is InChI=1S/C14H20N2O2/c1-10-5-6-12(18-3)11(9-10)13-14(17)16(2)8-4-7-15-13/h5-6,9,13,15H,4,7-8H2,1-3H3. The molecule has 18 heavy (non-hydrogen) atoms. The molecule has 1 atom stereocenters. The van der Waals surface area contributed by atoms with Gasteiger partial charge >= 0.3 is 0 Å². The summed E-state index contributed by atoms with van der Waals surface area (Å²) < 4.78 is 5.37. The van der Waals surface area contributed by atoms with Crippen LogP contribution in [0.1, 0.15) is 23.6 Å². The second-order valence-corrected chi connectivity index (χ2v) is 4.75. The first-order valence-electron chi connectivity index (χ1n) is 6.26. The van der Waals surface area contributed by atoms with Gasteiger partial charge in [-0.3, -0.25) is 4.79 Å². The average Bonchev–Trinajstić information content (AvgIpc) is 2.53. The molecule has 0 saturated carbocycles. The maximum absolute atomic E-state index is 12.3. The summed E-state index contributed by atoms with van der Waals surface area (Å²) in [5.41, 5.74) is 2.06. The minimum absolute atomic E-state index is 0.108. The molecule has 0 aliphatic carbocycles. The second-order valence-electron chi connectivity index (χ2n) is 4.75. The molecule has 1 unspecified atom stereocenters. The number of benzene rings is 1. The lowest BCUT2D eigenvalue weighted by molar-refractivity contribution is -0.131. The minimum atomic E-state index is -0.299. The van der Waals surface area contributed by atoms with Crippen LogP contribution in [0.15, 0.2) is 18.2 Å². The maximum Gasteiger partial charge on any atom is 0.244 e. The molecule has 2 rings (SSSR count). The molecule has 1 N–H and O–H groups in total. The Morgan fingerprint density at radius 2 is 2.22 bits per heavy atom. The Balaban J connectivity index is 2.39. The minimum Gasteiger partial charge on any atom is -0.496 e. The van der Waals surface area contributed by atoms with Crippen LogP contribution < -0.4 is 10.1 Å². The molecule has 1 aliphatic heterocycles. The molecule has 98 valence electrons. The van der Waals surface area contributed by atoms with Crippen molar-refractivity contribution in [3.8, 4) is 5.75 Å². The molecule has 0 bridgehead atoms. The Morgan fingerprint density at radius 3 is 2.94 bits per heavy atom. The average molecular weight is 248 g/mol. The number of ether oxygens (including phenoxy) is 1. The fraction of sp³-hybridized carbons (Fsp3) is 0.500. The maximum atomic E-state index is 12.3. The Kier molecular flexibility index (Phi) is 3.87. The summed E-state index contributed by atoms with van der Waals surface area (Å²) in [5.74, 6) is 0.873. The smallest absolute Gasteiger partial charge is 0.244 e. The molecule has 1 heterocycles. The van der Waals surface area contributed by atoms with Gasteiger partial charge in [0.05, 0.1) is 7.11 Å². The molecule has 0 radical (unpaired) electrons. The third kappa shape index (κ3) is 2.48. The number of carbonyl (C=O) groups is 1. The fourth-order valence-corrected chi connectivity index (χ4v) is 2.30. The molecule has 4 heteroatoms. The van der Waals surface area contributed by atoms with Crippen molar-refractivity contribution in [2.75, 3.05) is 27.2 Å². The first-order chi connectivity index (χ1) is 8.63. The van der Waals surface area contributed by atoms with Gasteiger partial charge in [-0.05, 0) is 26.0 Å². The molecule has 1 aromatic rings. The number of likely N-dealkylation sites (N-methyl/N-ethyl adjacent to an activating group) is 1. The van der Waals surface area contributed by atoms with Crippen molar-refractivity contribution >= 4 is 5.91 Å². The largest absolute Gasteiger partial charge is 0.496 e. The van der Waals surface area contributed by atoms with Crippen molar-refractivity contribution in [1.29, 1.82) is 0 Å². The Bertz CT molecular complexity index is 445. The van der Waals surface area contributed by atoms with Gasteiger partial charge in [-0.1, -0.05) is 17.7 Å². The lowest BCUT2D eigenvalue weighted by Gasteiger charge is -2.22. The number of amides is 1. The topological polar surface area (TPSA) is 41.6 Å². The van der Waals surface area contributed by atoms with E-state index < -0.39 is 0 Å². The fourth-order valence-electron chi connectivity index (χ4n) is 2.30. The number of nitrogens with zero attached hydrogens (tertiary/aromatic N) is 1. The van der Waals surface area contributed by atoms with Crippen molar-refractivity contribution in [3.63, 3.8) is 0 Å². The Morgan fingerprint density at radius 1 is 1.44 bits per heavy atom. The predicted octanol–water partition coefficient (Wildman–Crippen LogP) is 1.50. The van der Waals surface area contributed by atoms with Gasteiger partial charge in [0.2, 0.25) is 5.91 Å². The lowest BCUT2D eigenvalue weighted by Crippen LogP contribution is -2.35. The van der Waals surface area contributed by atoms with Gasteiger partial charge in [0, 0.05) is 19.2 Å². The first-order valence-corrected chi connectivity index (χ1v) is 6.26. The van der Waals surface area contributed by atoms with Crippen LogP contribution in [-0.4, -0.2) is 38.1 Å². The highest BCUT2D eigenvalue weighted by atomic mass is 16.5. The molecule has 0 spiro atoms. The van der Waals surface area contributed by atoms with Crippen molar-refractivity contribution in [2.45, 2.75) is 19.4 Å². The van der Waals surface area contributed by atoms with Crippen molar-refractivity contribution in [2.24, 2.45) is 0 Å². The highest BCUT2D eigenvalue weighted by Gasteiger charge is 2.28. The van der Waals surface area contributed by atoms with Crippen LogP contribution >= 0.6 is 0 Å². The molecule has 4 nitrogen and oxygen atoms in total. The number of methoxy groups -OCH3 is 1. The van der Waals surface area contributed by atoms with Gasteiger partial charge < -0.3 is 15.0 Å². The highest BCUT2D eigenvalue weighted by molar-refractivity contribution is 5.84. The molecule has 1 saturated heterocycles. The van der Waals surface area contributed by atoms with Crippen LogP contribution in [0.3, 0.4) is 0 Å². The second kappa shape index (κ2) is 5.40. The number of rotatable bonds is 2. The van der Waals surface area contributed by atoms with E-state index >= 15 is 0 Å². The van der Waals surface area contributed by atoms with Crippen LogP contribution in [0.5, 0.6) is 5.75 Å². The van der Waals surface area contributed by atoms with Crippen molar-refractivity contribution in [3.05, 3.63) is 29.3 Å². The van der Waals surface area contributed by atoms with Crippen LogP contribution in [0.2, 0.25) is 0 Å². The first kappa shape index (κ1) is 12.9. The van der Waals surface area contributed by atoms with E-state index in [1.807, 2.05) is 32.2 Å². The summed E-state index contributed by atoms with van der Waals surface area (Å²) in [6.07, 6.45) is 0.979. The van der Waals surface area contributed by atoms with Crippen LogP contribution in [0, 0.1) is 6.92 Å². The highest BCUT2D eigenvalue weighted by Crippen LogP contribution is 2.28. The number of hydrogen-bond acceptors (Lipinski definition) is 3. The molecule has 1 aromatic carbocycles. The number of nitrogens with one attached hydrogen (secondary N) is 1. The van der Waals surface area contributed by atoms with E-state index in [-0.39, 0.29) is 11.9 Å². The summed E-state index contributed by atoms with van der Waals surface area (Å²) in [6.45, 7) is 3.67. The number of carbonyl (C=O) groups excluding carboxylic acids is 1. The summed E-state index contributed by atoms with van der Waals surface area (Å²) in [4.78, 5) is 14.1. The van der Waals surface area contributed by atoms with E-state index in [9.17, 15) is 4.79 Å². The van der Waals surface area contributed by atoms with Crippen molar-refractivity contribution in [1.82, 2.24) is 10.2 Å². The number of hydrogen-bond donors (Lipinski definition) is 1. The SMILES string of the molecule is COc1ccc(C)cc1C1NCCCN(C)C1=O. The van der Waals surface area contributed by atoms with Gasteiger partial charge in [0.15, 0.2) is 0 Å². The molecule has 0 aromatic heterocycles. The van der Waals surface area contributed by atoms with Crippen LogP contribution in [0.25, 0.3) is 0 Å². The van der Waals surface area contributed by atoms with E-state index in [0.717, 1.165) is 36.4 Å².